The van der Waals surface area contributed by atoms with Gasteiger partial charge in [0.25, 0.3) is 0 Å². The lowest BCUT2D eigenvalue weighted by Gasteiger charge is -2.33. The predicted octanol–water partition coefficient (Wildman–Crippen LogP) is 2.12. The molecule has 1 unspecified atom stereocenters. The second-order valence-electron chi connectivity index (χ2n) is 7.54. The zero-order chi connectivity index (χ0) is 19.5. The molecule has 0 bridgehead atoms. The third-order valence-electron chi connectivity index (χ3n) is 5.47. The molecule has 0 saturated carbocycles. The number of amides is 1. The van der Waals surface area contributed by atoms with Gasteiger partial charge in [0.2, 0.25) is 5.91 Å². The molecule has 1 saturated heterocycles. The monoisotopic (exact) mass is 378 g/mol. The third-order valence-corrected chi connectivity index (χ3v) is 5.47. The highest BCUT2D eigenvalue weighted by molar-refractivity contribution is 5.81. The lowest BCUT2D eigenvalue weighted by molar-refractivity contribution is -0.122. The predicted molar refractivity (Wildman–Crippen MR) is 110 cm³/mol. The second kappa shape index (κ2) is 8.02. The summed E-state index contributed by atoms with van der Waals surface area (Å²) in [6.45, 7) is 2.83. The molecule has 1 aliphatic rings. The molecule has 6 heteroatoms. The van der Waals surface area contributed by atoms with Gasteiger partial charge in [-0.1, -0.05) is 42.5 Å². The molecule has 2 aromatic carbocycles. The van der Waals surface area contributed by atoms with E-state index in [1.807, 2.05) is 30.3 Å². The average molecular weight is 378 g/mol. The van der Waals surface area contributed by atoms with E-state index in [0.717, 1.165) is 43.5 Å². The number of aryl methyl sites for hydroxylation is 1. The minimum absolute atomic E-state index is 0.0510. The lowest BCUT2D eigenvalue weighted by atomic mass is 10.0. The quantitative estimate of drug-likeness (QED) is 0.740. The molecule has 3 aromatic rings. The van der Waals surface area contributed by atoms with Gasteiger partial charge in [-0.05, 0) is 37.1 Å². The van der Waals surface area contributed by atoms with Crippen molar-refractivity contribution in [2.45, 2.75) is 32.0 Å². The van der Waals surface area contributed by atoms with Crippen molar-refractivity contribution in [3.8, 4) is 0 Å². The highest BCUT2D eigenvalue weighted by Crippen LogP contribution is 2.14. The van der Waals surface area contributed by atoms with Crippen molar-refractivity contribution in [3.63, 3.8) is 0 Å². The standard InChI is InChI=1S/C22H26N4O2/c1-24-19-11-5-6-12-20(19)26(22(24)28)16-21(27)23-18-10-7-13-25(15-18)14-17-8-3-2-4-9-17/h2-6,8-9,11-12,18H,7,10,13-16H2,1H3,(H,23,27). The van der Waals surface area contributed by atoms with Crippen LogP contribution in [0.2, 0.25) is 0 Å². The fraction of sp³-hybridized carbons (Fsp3) is 0.364. The first-order valence-electron chi connectivity index (χ1n) is 9.82. The molecule has 0 spiro atoms. The SMILES string of the molecule is Cn1c(=O)n(CC(=O)NC2CCCN(Cc3ccccc3)C2)c2ccccc21. The van der Waals surface area contributed by atoms with Crippen LogP contribution in [0, 0.1) is 0 Å². The number of benzene rings is 2. The minimum atomic E-state index is -0.161. The van der Waals surface area contributed by atoms with Gasteiger partial charge in [0.1, 0.15) is 6.54 Å². The molecular formula is C22H26N4O2. The third kappa shape index (κ3) is 3.87. The zero-order valence-electron chi connectivity index (χ0n) is 16.2. The topological polar surface area (TPSA) is 59.3 Å². The molecule has 0 aliphatic carbocycles. The van der Waals surface area contributed by atoms with Gasteiger partial charge in [-0.3, -0.25) is 18.8 Å². The van der Waals surface area contributed by atoms with Gasteiger partial charge in [-0.2, -0.15) is 0 Å². The van der Waals surface area contributed by atoms with Crippen LogP contribution in [-0.2, 0) is 24.9 Å². The number of nitrogens with one attached hydrogen (secondary N) is 1. The number of imidazole rings is 1. The van der Waals surface area contributed by atoms with Crippen molar-refractivity contribution in [3.05, 3.63) is 70.6 Å². The molecule has 146 valence electrons. The molecule has 1 fully saturated rings. The Morgan fingerprint density at radius 1 is 1.07 bits per heavy atom. The molecule has 1 aliphatic heterocycles. The molecule has 1 amide bonds. The number of aromatic nitrogens is 2. The fourth-order valence-electron chi connectivity index (χ4n) is 4.09. The summed E-state index contributed by atoms with van der Waals surface area (Å²) in [5, 5.41) is 3.13. The summed E-state index contributed by atoms with van der Waals surface area (Å²) >= 11 is 0. The first-order chi connectivity index (χ1) is 13.6. The Bertz CT molecular complexity index is 1020. The van der Waals surface area contributed by atoms with E-state index in [9.17, 15) is 9.59 Å². The number of nitrogens with zero attached hydrogens (tertiary/aromatic N) is 3. The molecule has 4 rings (SSSR count). The first-order valence-corrected chi connectivity index (χ1v) is 9.82. The van der Waals surface area contributed by atoms with Gasteiger partial charge in [-0.15, -0.1) is 0 Å². The van der Waals surface area contributed by atoms with E-state index in [1.165, 1.54) is 5.56 Å². The number of rotatable bonds is 5. The van der Waals surface area contributed by atoms with Crippen LogP contribution in [0.3, 0.4) is 0 Å². The van der Waals surface area contributed by atoms with E-state index in [4.69, 9.17) is 0 Å². The average Bonchev–Trinajstić information content (AvgIpc) is 2.94. The second-order valence-corrected chi connectivity index (χ2v) is 7.54. The van der Waals surface area contributed by atoms with Crippen molar-refractivity contribution in [1.29, 1.82) is 0 Å². The summed E-state index contributed by atoms with van der Waals surface area (Å²) in [5.41, 5.74) is 2.76. The number of likely N-dealkylation sites (tertiary alicyclic amines) is 1. The summed E-state index contributed by atoms with van der Waals surface area (Å²) in [6.07, 6.45) is 2.04. The Kier molecular flexibility index (Phi) is 5.30. The highest BCUT2D eigenvalue weighted by Gasteiger charge is 2.22. The van der Waals surface area contributed by atoms with E-state index < -0.39 is 0 Å². The molecule has 6 nitrogen and oxygen atoms in total. The van der Waals surface area contributed by atoms with Gasteiger partial charge in [0.05, 0.1) is 11.0 Å². The Morgan fingerprint density at radius 3 is 2.57 bits per heavy atom. The van der Waals surface area contributed by atoms with Crippen molar-refractivity contribution in [2.24, 2.45) is 7.05 Å². The van der Waals surface area contributed by atoms with Crippen LogP contribution in [0.5, 0.6) is 0 Å². The number of piperidine rings is 1. The number of carbonyl (C=O) groups is 1. The van der Waals surface area contributed by atoms with E-state index in [2.05, 4.69) is 34.5 Å². The number of carbonyl (C=O) groups excluding carboxylic acids is 1. The van der Waals surface area contributed by atoms with Gasteiger partial charge >= 0.3 is 5.69 Å². The largest absolute Gasteiger partial charge is 0.351 e. The lowest BCUT2D eigenvalue weighted by Crippen LogP contribution is -2.48. The maximum absolute atomic E-state index is 12.7. The minimum Gasteiger partial charge on any atom is -0.351 e. The molecule has 0 radical (unpaired) electrons. The van der Waals surface area contributed by atoms with Crippen molar-refractivity contribution < 1.29 is 4.79 Å². The van der Waals surface area contributed by atoms with Crippen LogP contribution in [-0.4, -0.2) is 39.1 Å². The number of hydrogen-bond donors (Lipinski definition) is 1. The van der Waals surface area contributed by atoms with Crippen LogP contribution in [0.1, 0.15) is 18.4 Å². The summed E-state index contributed by atoms with van der Waals surface area (Å²) in [7, 11) is 1.74. The van der Waals surface area contributed by atoms with Crippen LogP contribution < -0.4 is 11.0 Å². The van der Waals surface area contributed by atoms with Crippen molar-refractivity contribution in [2.75, 3.05) is 13.1 Å². The maximum Gasteiger partial charge on any atom is 0.329 e. The summed E-state index contributed by atoms with van der Waals surface area (Å²) in [5.74, 6) is -0.106. The van der Waals surface area contributed by atoms with Crippen molar-refractivity contribution >= 4 is 16.9 Å². The van der Waals surface area contributed by atoms with E-state index >= 15 is 0 Å². The summed E-state index contributed by atoms with van der Waals surface area (Å²) < 4.78 is 3.14. The van der Waals surface area contributed by atoms with E-state index in [1.54, 1.807) is 16.2 Å². The van der Waals surface area contributed by atoms with Gasteiger partial charge < -0.3 is 5.32 Å². The highest BCUT2D eigenvalue weighted by atomic mass is 16.2. The molecule has 1 N–H and O–H groups in total. The van der Waals surface area contributed by atoms with Gasteiger partial charge in [0.15, 0.2) is 0 Å². The summed E-state index contributed by atoms with van der Waals surface area (Å²) in [4.78, 5) is 27.5. The fourth-order valence-corrected chi connectivity index (χ4v) is 4.09. The first kappa shape index (κ1) is 18.5. The molecule has 1 atom stereocenters. The van der Waals surface area contributed by atoms with Gasteiger partial charge in [-0.25, -0.2) is 4.79 Å². The van der Waals surface area contributed by atoms with Crippen LogP contribution in [0.25, 0.3) is 11.0 Å². The Hall–Kier alpha value is -2.86. The van der Waals surface area contributed by atoms with Crippen LogP contribution in [0.15, 0.2) is 59.4 Å². The molecular weight excluding hydrogens is 352 g/mol. The normalized spacial score (nSPS) is 17.7. The maximum atomic E-state index is 12.7. The molecule has 28 heavy (non-hydrogen) atoms. The zero-order valence-corrected chi connectivity index (χ0v) is 16.2. The number of fused-ring (bicyclic) bond motifs is 1. The Labute approximate surface area is 164 Å². The number of para-hydroxylation sites is 2. The van der Waals surface area contributed by atoms with E-state index in [0.29, 0.717) is 0 Å². The number of hydrogen-bond acceptors (Lipinski definition) is 3. The Balaban J connectivity index is 1.40. The van der Waals surface area contributed by atoms with Crippen LogP contribution in [0.4, 0.5) is 0 Å². The van der Waals surface area contributed by atoms with Gasteiger partial charge in [0, 0.05) is 26.2 Å². The molecule has 2 heterocycles. The van der Waals surface area contributed by atoms with E-state index in [-0.39, 0.29) is 24.2 Å². The molecule has 1 aromatic heterocycles. The summed E-state index contributed by atoms with van der Waals surface area (Å²) in [6, 6.07) is 18.1. The smallest absolute Gasteiger partial charge is 0.329 e. The van der Waals surface area contributed by atoms with Crippen LogP contribution >= 0.6 is 0 Å². The Morgan fingerprint density at radius 2 is 1.79 bits per heavy atom. The van der Waals surface area contributed by atoms with Crippen molar-refractivity contribution in [1.82, 2.24) is 19.4 Å².